The zero-order chi connectivity index (χ0) is 16.8. The second kappa shape index (κ2) is 5.61. The third kappa shape index (κ3) is 2.20. The first-order valence-corrected chi connectivity index (χ1v) is 8.68. The average Bonchev–Trinajstić information content (AvgIpc) is 3.23. The van der Waals surface area contributed by atoms with Gasteiger partial charge in [-0.05, 0) is 37.8 Å². The number of aryl methyl sites for hydroxylation is 1. The van der Waals surface area contributed by atoms with Gasteiger partial charge in [-0.1, -0.05) is 19.9 Å². The van der Waals surface area contributed by atoms with Crippen LogP contribution in [0.2, 0.25) is 0 Å². The van der Waals surface area contributed by atoms with Gasteiger partial charge in [0.25, 0.3) is 0 Å². The fraction of sp³-hybridized carbons (Fsp3) is 0.500. The van der Waals surface area contributed by atoms with Crippen molar-refractivity contribution in [1.29, 1.82) is 0 Å². The van der Waals surface area contributed by atoms with Gasteiger partial charge in [-0.2, -0.15) is 0 Å². The standard InChI is InChI=1S/C18H24N6/c1-12(2)14-8-7-11-23(14)18-21-20-17(22(18)4)16-13(3)19-15-9-5-6-10-24(15)16/h5-6,9-10,12,14H,7-8,11H2,1-4H3/t14-/m0/s1. The van der Waals surface area contributed by atoms with Gasteiger partial charge in [0.05, 0.1) is 5.69 Å². The lowest BCUT2D eigenvalue weighted by atomic mass is 10.0. The van der Waals surface area contributed by atoms with Gasteiger partial charge >= 0.3 is 0 Å². The summed E-state index contributed by atoms with van der Waals surface area (Å²) >= 11 is 0. The molecule has 1 atom stereocenters. The molecule has 4 heterocycles. The number of pyridine rings is 1. The van der Waals surface area contributed by atoms with Gasteiger partial charge in [-0.15, -0.1) is 10.2 Å². The summed E-state index contributed by atoms with van der Waals surface area (Å²) in [5.74, 6) is 2.45. The third-order valence-corrected chi connectivity index (χ3v) is 5.09. The lowest BCUT2D eigenvalue weighted by Gasteiger charge is -2.28. The highest BCUT2D eigenvalue weighted by molar-refractivity contribution is 5.62. The number of fused-ring (bicyclic) bond motifs is 1. The minimum Gasteiger partial charge on any atom is -0.338 e. The molecule has 1 aliphatic heterocycles. The molecule has 0 bridgehead atoms. The SMILES string of the molecule is Cc1nc2ccccn2c1-c1nnc(N2CCC[C@H]2C(C)C)n1C. The summed E-state index contributed by atoms with van der Waals surface area (Å²) in [6.07, 6.45) is 4.49. The summed E-state index contributed by atoms with van der Waals surface area (Å²) in [6, 6.07) is 6.59. The quantitative estimate of drug-likeness (QED) is 0.743. The van der Waals surface area contributed by atoms with Crippen LogP contribution in [0.5, 0.6) is 0 Å². The number of anilines is 1. The highest BCUT2D eigenvalue weighted by atomic mass is 15.4. The predicted octanol–water partition coefficient (Wildman–Crippen LogP) is 3.06. The van der Waals surface area contributed by atoms with E-state index in [4.69, 9.17) is 0 Å². The Balaban J connectivity index is 1.81. The largest absolute Gasteiger partial charge is 0.338 e. The Morgan fingerprint density at radius 2 is 2.04 bits per heavy atom. The lowest BCUT2D eigenvalue weighted by Crippen LogP contribution is -2.35. The first-order chi connectivity index (χ1) is 11.6. The first kappa shape index (κ1) is 15.2. The van der Waals surface area contributed by atoms with Gasteiger partial charge in [0.2, 0.25) is 5.95 Å². The Morgan fingerprint density at radius 1 is 1.21 bits per heavy atom. The summed E-state index contributed by atoms with van der Waals surface area (Å²) in [6.45, 7) is 7.66. The van der Waals surface area contributed by atoms with Crippen molar-refractivity contribution >= 4 is 11.6 Å². The number of aromatic nitrogens is 5. The first-order valence-electron chi connectivity index (χ1n) is 8.68. The van der Waals surface area contributed by atoms with Crippen LogP contribution in [0.25, 0.3) is 17.2 Å². The van der Waals surface area contributed by atoms with Crippen molar-refractivity contribution in [1.82, 2.24) is 24.1 Å². The van der Waals surface area contributed by atoms with Gasteiger partial charge in [-0.25, -0.2) is 4.98 Å². The van der Waals surface area contributed by atoms with E-state index in [1.54, 1.807) is 0 Å². The van der Waals surface area contributed by atoms with Crippen LogP contribution in [0.3, 0.4) is 0 Å². The molecule has 0 aromatic carbocycles. The second-order valence-corrected chi connectivity index (χ2v) is 7.00. The molecular weight excluding hydrogens is 300 g/mol. The lowest BCUT2D eigenvalue weighted by molar-refractivity contribution is 0.484. The predicted molar refractivity (Wildman–Crippen MR) is 95.1 cm³/mol. The molecule has 6 nitrogen and oxygen atoms in total. The Hall–Kier alpha value is -2.37. The summed E-state index contributed by atoms with van der Waals surface area (Å²) in [4.78, 5) is 7.07. The fourth-order valence-electron chi connectivity index (χ4n) is 3.89. The van der Waals surface area contributed by atoms with Crippen LogP contribution in [0.1, 0.15) is 32.4 Å². The Labute approximate surface area is 142 Å². The van der Waals surface area contributed by atoms with Gasteiger partial charge in [0, 0.05) is 25.8 Å². The molecule has 126 valence electrons. The highest BCUT2D eigenvalue weighted by Gasteiger charge is 2.31. The average molecular weight is 324 g/mol. The number of nitrogens with zero attached hydrogens (tertiary/aromatic N) is 6. The smallest absolute Gasteiger partial charge is 0.227 e. The van der Waals surface area contributed by atoms with Gasteiger partial charge in [-0.3, -0.25) is 8.97 Å². The van der Waals surface area contributed by atoms with Crippen LogP contribution >= 0.6 is 0 Å². The van der Waals surface area contributed by atoms with E-state index < -0.39 is 0 Å². The summed E-state index contributed by atoms with van der Waals surface area (Å²) in [7, 11) is 2.06. The fourth-order valence-corrected chi connectivity index (χ4v) is 3.89. The van der Waals surface area contributed by atoms with Crippen LogP contribution in [0.4, 0.5) is 5.95 Å². The van der Waals surface area contributed by atoms with E-state index in [2.05, 4.69) is 49.9 Å². The van der Waals surface area contributed by atoms with Gasteiger partial charge in [0.1, 0.15) is 11.3 Å². The maximum absolute atomic E-state index is 4.65. The second-order valence-electron chi connectivity index (χ2n) is 7.00. The van der Waals surface area contributed by atoms with Crippen LogP contribution in [0, 0.1) is 12.8 Å². The number of hydrogen-bond acceptors (Lipinski definition) is 4. The Morgan fingerprint density at radius 3 is 2.83 bits per heavy atom. The van der Waals surface area contributed by atoms with Crippen LogP contribution in [-0.4, -0.2) is 36.7 Å². The van der Waals surface area contributed by atoms with Crippen LogP contribution < -0.4 is 4.90 Å². The normalized spacial score (nSPS) is 18.2. The molecule has 0 aliphatic carbocycles. The molecule has 6 heteroatoms. The minimum absolute atomic E-state index is 0.545. The van der Waals surface area contributed by atoms with Crippen molar-refractivity contribution in [3.8, 4) is 11.5 Å². The van der Waals surface area contributed by atoms with E-state index in [1.807, 2.05) is 31.3 Å². The van der Waals surface area contributed by atoms with E-state index in [0.717, 1.165) is 35.4 Å². The van der Waals surface area contributed by atoms with Crippen LogP contribution in [-0.2, 0) is 7.05 Å². The number of hydrogen-bond donors (Lipinski definition) is 0. The van der Waals surface area contributed by atoms with Crippen molar-refractivity contribution in [3.05, 3.63) is 30.1 Å². The topological polar surface area (TPSA) is 51.2 Å². The van der Waals surface area contributed by atoms with E-state index in [0.29, 0.717) is 12.0 Å². The molecular formula is C18H24N6. The van der Waals surface area contributed by atoms with E-state index in [1.165, 1.54) is 12.8 Å². The van der Waals surface area contributed by atoms with Gasteiger partial charge < -0.3 is 4.90 Å². The molecule has 0 unspecified atom stereocenters. The van der Waals surface area contributed by atoms with E-state index in [-0.39, 0.29) is 0 Å². The Bertz CT molecular complexity index is 875. The summed E-state index contributed by atoms with van der Waals surface area (Å²) in [5.41, 5.74) is 2.94. The molecule has 3 aromatic rings. The molecule has 1 fully saturated rings. The van der Waals surface area contributed by atoms with Crippen molar-refractivity contribution in [2.45, 2.75) is 39.7 Å². The van der Waals surface area contributed by atoms with Crippen molar-refractivity contribution in [2.75, 3.05) is 11.4 Å². The van der Waals surface area contributed by atoms with Crippen molar-refractivity contribution < 1.29 is 0 Å². The molecule has 0 saturated carbocycles. The van der Waals surface area contributed by atoms with E-state index >= 15 is 0 Å². The summed E-state index contributed by atoms with van der Waals surface area (Å²) < 4.78 is 4.21. The third-order valence-electron chi connectivity index (χ3n) is 5.09. The zero-order valence-electron chi connectivity index (χ0n) is 14.8. The number of rotatable bonds is 3. The summed E-state index contributed by atoms with van der Waals surface area (Å²) in [5, 5.41) is 9.05. The van der Waals surface area contributed by atoms with Crippen LogP contribution in [0.15, 0.2) is 24.4 Å². The maximum Gasteiger partial charge on any atom is 0.227 e. The Kier molecular flexibility index (Phi) is 3.55. The maximum atomic E-state index is 4.65. The molecule has 3 aromatic heterocycles. The van der Waals surface area contributed by atoms with Crippen molar-refractivity contribution in [2.24, 2.45) is 13.0 Å². The van der Waals surface area contributed by atoms with Gasteiger partial charge in [0.15, 0.2) is 5.82 Å². The highest BCUT2D eigenvalue weighted by Crippen LogP contribution is 2.31. The monoisotopic (exact) mass is 324 g/mol. The molecule has 0 spiro atoms. The number of imidazole rings is 1. The molecule has 0 radical (unpaired) electrons. The van der Waals surface area contributed by atoms with Crippen molar-refractivity contribution in [3.63, 3.8) is 0 Å². The molecule has 1 aliphatic rings. The molecule has 1 saturated heterocycles. The minimum atomic E-state index is 0.545. The molecule has 4 rings (SSSR count). The molecule has 24 heavy (non-hydrogen) atoms. The molecule has 0 N–H and O–H groups in total. The zero-order valence-corrected chi connectivity index (χ0v) is 14.8. The molecule has 0 amide bonds. The van der Waals surface area contributed by atoms with E-state index in [9.17, 15) is 0 Å².